The molecule has 8 aromatic rings. The Bertz CT molecular complexity index is 3610. The number of rotatable bonds is 16. The number of nitrogens with zero attached hydrogens (tertiary/aromatic N) is 5. The molecular formula is C71H83N9O9. The summed E-state index contributed by atoms with van der Waals surface area (Å²) >= 11 is 0. The van der Waals surface area contributed by atoms with Gasteiger partial charge in [-0.2, -0.15) is 0 Å². The van der Waals surface area contributed by atoms with Crippen LogP contribution in [-0.4, -0.2) is 138 Å². The molecule has 6 N–H and O–H groups in total. The molecule has 3 unspecified atom stereocenters. The third-order valence-electron chi connectivity index (χ3n) is 15.0. The molecule has 5 aromatic carbocycles. The van der Waals surface area contributed by atoms with Gasteiger partial charge in [-0.25, -0.2) is 30.0 Å². The van der Waals surface area contributed by atoms with Gasteiger partial charge < -0.3 is 40.0 Å². The van der Waals surface area contributed by atoms with Gasteiger partial charge in [-0.3, -0.25) is 19.8 Å². The topological polar surface area (TPSA) is 222 Å². The highest BCUT2D eigenvalue weighted by atomic mass is 16.5. The van der Waals surface area contributed by atoms with Crippen LogP contribution in [0.25, 0.3) is 32.3 Å². The molecule has 10 rings (SSSR count). The highest BCUT2D eigenvalue weighted by Gasteiger charge is 2.25. The number of aromatic nitrogens is 3. The van der Waals surface area contributed by atoms with Gasteiger partial charge in [0.2, 0.25) is 0 Å². The van der Waals surface area contributed by atoms with Crippen molar-refractivity contribution in [3.05, 3.63) is 173 Å². The molecule has 3 atom stereocenters. The molecule has 2 aliphatic rings. The normalized spacial score (nSPS) is 14.2. The number of hydroxylamine groups is 1. The first kappa shape index (κ1) is 67.4. The number of aryl methyl sites for hydroxylation is 1. The maximum atomic E-state index is 11.9. The second-order valence-corrected chi connectivity index (χ2v) is 22.8. The van der Waals surface area contributed by atoms with Crippen LogP contribution in [0.5, 0.6) is 5.75 Å². The van der Waals surface area contributed by atoms with Crippen LogP contribution in [0.2, 0.25) is 0 Å². The number of hydrogen-bond acceptors (Lipinski definition) is 17. The minimum atomic E-state index is -0.593. The van der Waals surface area contributed by atoms with Crippen LogP contribution in [0.15, 0.2) is 140 Å². The van der Waals surface area contributed by atoms with E-state index in [4.69, 9.17) is 30.6 Å². The van der Waals surface area contributed by atoms with Crippen LogP contribution < -0.4 is 21.4 Å². The maximum absolute atomic E-state index is 11.9. The predicted molar refractivity (Wildman–Crippen MR) is 351 cm³/mol. The quantitative estimate of drug-likeness (QED) is 0.0229. The maximum Gasteiger partial charge on any atom is 0.328 e. The fourth-order valence-corrected chi connectivity index (χ4v) is 9.76. The number of amides is 1. The van der Waals surface area contributed by atoms with E-state index in [1.807, 2.05) is 96.3 Å². The molecule has 18 nitrogen and oxygen atoms in total. The van der Waals surface area contributed by atoms with Gasteiger partial charge in [0.15, 0.2) is 0 Å². The Morgan fingerprint density at radius 2 is 0.921 bits per heavy atom. The van der Waals surface area contributed by atoms with E-state index >= 15 is 0 Å². The van der Waals surface area contributed by atoms with Crippen LogP contribution >= 0.6 is 0 Å². The van der Waals surface area contributed by atoms with Crippen molar-refractivity contribution in [1.29, 1.82) is 0 Å². The largest absolute Gasteiger partial charge is 0.508 e. The lowest BCUT2D eigenvalue weighted by molar-refractivity contribution is -0.143. The molecule has 1 amide bonds. The first-order valence-electron chi connectivity index (χ1n) is 29.9. The van der Waals surface area contributed by atoms with Crippen LogP contribution in [0.4, 0.5) is 17.5 Å². The standard InChI is InChI=1S/C27H30N4O3.C16H20N2O2.C15H18N2O3.C13H15NO/c1-19(2)26(27(32)30-33)29-25-16-24-15-21(9-10-23(24)17-28-25)6-3-20-4-7-22(8-5-20)18-31-11-13-34-14-12-31;1-10(2)15(16(19)20-4)18-14-8-13-7-11(3)5-6-12(13)9-17-14;1-9(2)14(15(19)20-3)17-13-7-11-6-12(18)5-4-10(11)8-16-13;1-2-12-3-5-13(6-4-12)11-14-7-9-15-10-8-14/h4-5,7-10,15-17,19,26,33H,11-14,18H2,1-2H3,(H,28,29)(H,30,32);5-10,15H,1-4H3,(H,17,18);4-9,14,18H,1-3H3,(H,16,17);1,3-6H,7-11H2. The number of aromatic hydroxyl groups is 1. The van der Waals surface area contributed by atoms with Gasteiger partial charge in [0.25, 0.3) is 5.91 Å². The van der Waals surface area contributed by atoms with Gasteiger partial charge in [0, 0.05) is 90.7 Å². The van der Waals surface area contributed by atoms with Crippen molar-refractivity contribution >= 4 is 67.6 Å². The lowest BCUT2D eigenvalue weighted by Crippen LogP contribution is -2.41. The van der Waals surface area contributed by atoms with E-state index < -0.39 is 24.0 Å². The molecule has 466 valence electrons. The summed E-state index contributed by atoms with van der Waals surface area (Å²) in [4.78, 5) is 53.3. The van der Waals surface area contributed by atoms with E-state index in [1.165, 1.54) is 30.9 Å². The number of phenols is 1. The van der Waals surface area contributed by atoms with Crippen LogP contribution in [-0.2, 0) is 46.4 Å². The van der Waals surface area contributed by atoms with Gasteiger partial charge >= 0.3 is 11.9 Å². The molecule has 0 radical (unpaired) electrons. The SMILES string of the molecule is C#Cc1ccc(CN2CCOCC2)cc1.CC(C)C(Nc1cc2cc(C#Cc3ccc(CN4CCOCC4)cc3)ccc2cn1)C(=O)NO.COC(=O)C(Nc1cc2cc(C)ccc2cn1)C(C)C.COC(=O)C(Nc1cc2cc(O)ccc2cn1)C(C)C. The van der Waals surface area contributed by atoms with Gasteiger partial charge in [-0.05, 0) is 125 Å². The number of benzene rings is 5. The fraction of sp³-hybridized carbons (Fsp3) is 0.352. The van der Waals surface area contributed by atoms with Gasteiger partial charge in [0.05, 0.1) is 40.6 Å². The van der Waals surface area contributed by atoms with E-state index in [1.54, 1.807) is 42.1 Å². The van der Waals surface area contributed by atoms with Crippen molar-refractivity contribution in [1.82, 2.24) is 30.2 Å². The second kappa shape index (κ2) is 33.8. The first-order chi connectivity index (χ1) is 42.9. The Hall–Kier alpha value is -9.14. The summed E-state index contributed by atoms with van der Waals surface area (Å²) in [7, 11) is 2.77. The first-order valence-corrected chi connectivity index (χ1v) is 29.9. The monoisotopic (exact) mass is 1210 g/mol. The highest BCUT2D eigenvalue weighted by molar-refractivity contribution is 5.89. The van der Waals surface area contributed by atoms with Gasteiger partial charge in [0.1, 0.15) is 41.3 Å². The van der Waals surface area contributed by atoms with Gasteiger partial charge in [-0.15, -0.1) is 6.42 Å². The Morgan fingerprint density at radius 3 is 1.36 bits per heavy atom. The summed E-state index contributed by atoms with van der Waals surface area (Å²) in [5.41, 5.74) is 8.32. The molecule has 89 heavy (non-hydrogen) atoms. The van der Waals surface area contributed by atoms with Crippen LogP contribution in [0.1, 0.15) is 74.9 Å². The number of carbonyl (C=O) groups is 3. The summed E-state index contributed by atoms with van der Waals surface area (Å²) < 4.78 is 20.3. The van der Waals surface area contributed by atoms with Gasteiger partial charge in [-0.1, -0.05) is 113 Å². The molecule has 5 heterocycles. The number of carbonyl (C=O) groups excluding carboxylic acids is 3. The molecule has 0 bridgehead atoms. The lowest BCUT2D eigenvalue weighted by Gasteiger charge is -2.26. The summed E-state index contributed by atoms with van der Waals surface area (Å²) in [6.45, 7) is 22.9. The van der Waals surface area contributed by atoms with Crippen molar-refractivity contribution in [2.75, 3.05) is 82.8 Å². The molecule has 0 aliphatic carbocycles. The number of phenolic OH excluding ortho intramolecular Hbond substituents is 1. The average Bonchev–Trinajstić information content (AvgIpc) is 3.60. The molecule has 18 heteroatoms. The molecule has 0 saturated carbocycles. The predicted octanol–water partition coefficient (Wildman–Crippen LogP) is 10.6. The van der Waals surface area contributed by atoms with E-state index in [9.17, 15) is 19.5 Å². The molecule has 2 fully saturated rings. The number of morpholine rings is 2. The van der Waals surface area contributed by atoms with E-state index in [0.29, 0.717) is 17.5 Å². The molecule has 2 saturated heterocycles. The van der Waals surface area contributed by atoms with Crippen LogP contribution in [0.3, 0.4) is 0 Å². The Morgan fingerprint density at radius 1 is 0.528 bits per heavy atom. The Balaban J connectivity index is 0.000000178. The minimum absolute atomic E-state index is 0.0258. The molecule has 3 aromatic heterocycles. The van der Waals surface area contributed by atoms with E-state index in [-0.39, 0.29) is 35.4 Å². The molecular weight excluding hydrogens is 1120 g/mol. The van der Waals surface area contributed by atoms with Crippen LogP contribution in [0, 0.1) is 48.9 Å². The van der Waals surface area contributed by atoms with Crippen molar-refractivity contribution in [2.24, 2.45) is 17.8 Å². The number of nitrogens with one attached hydrogen (secondary N) is 4. The van der Waals surface area contributed by atoms with Crippen molar-refractivity contribution in [3.8, 4) is 29.9 Å². The number of fused-ring (bicyclic) bond motifs is 3. The zero-order chi connectivity index (χ0) is 63.8. The van der Waals surface area contributed by atoms with E-state index in [2.05, 4.69) is 114 Å². The molecule has 2 aliphatic heterocycles. The third-order valence-corrected chi connectivity index (χ3v) is 15.0. The highest BCUT2D eigenvalue weighted by Crippen LogP contribution is 2.25. The summed E-state index contributed by atoms with van der Waals surface area (Å²) in [6.07, 6.45) is 10.6. The number of terminal acetylenes is 1. The Labute approximate surface area is 522 Å². The van der Waals surface area contributed by atoms with Crippen molar-refractivity contribution < 1.29 is 43.6 Å². The number of pyridine rings is 3. The number of hydrogen-bond donors (Lipinski definition) is 6. The molecule has 0 spiro atoms. The summed E-state index contributed by atoms with van der Waals surface area (Å²) in [5.74, 6) is 10.2. The lowest BCUT2D eigenvalue weighted by atomic mass is 10.0. The number of ether oxygens (including phenoxy) is 4. The zero-order valence-corrected chi connectivity index (χ0v) is 52.4. The smallest absolute Gasteiger partial charge is 0.328 e. The summed E-state index contributed by atoms with van der Waals surface area (Å²) in [6, 6.07) is 38.0. The summed E-state index contributed by atoms with van der Waals surface area (Å²) in [5, 5.41) is 33.8. The fourth-order valence-electron chi connectivity index (χ4n) is 9.76. The van der Waals surface area contributed by atoms with Crippen molar-refractivity contribution in [3.63, 3.8) is 0 Å². The number of methoxy groups -OCH3 is 2. The average molecular weight is 1210 g/mol. The minimum Gasteiger partial charge on any atom is -0.508 e. The number of esters is 2. The Kier molecular flexibility index (Phi) is 25.6. The number of anilines is 3. The van der Waals surface area contributed by atoms with E-state index in [0.717, 1.165) is 115 Å². The second-order valence-electron chi connectivity index (χ2n) is 22.8. The van der Waals surface area contributed by atoms with Crippen molar-refractivity contribution in [2.45, 2.75) is 79.7 Å². The third kappa shape index (κ3) is 20.7. The zero-order valence-electron chi connectivity index (χ0n) is 52.4.